The molecule has 1 aromatic carbocycles. The molecule has 0 aliphatic heterocycles. The monoisotopic (exact) mass is 355 g/mol. The first-order chi connectivity index (χ1) is 12.8. The highest BCUT2D eigenvalue weighted by Crippen LogP contribution is 2.11. The second kappa shape index (κ2) is 12.7. The molecule has 0 atom stereocenters. The zero-order valence-corrected chi connectivity index (χ0v) is 17.1. The zero-order valence-electron chi connectivity index (χ0n) is 17.1. The van der Waals surface area contributed by atoms with E-state index < -0.39 is 0 Å². The molecule has 0 N–H and O–H groups in total. The van der Waals surface area contributed by atoms with Gasteiger partial charge in [-0.2, -0.15) is 0 Å². The highest BCUT2D eigenvalue weighted by atomic mass is 15.1. The molecule has 0 amide bonds. The number of hydrogen-bond acceptors (Lipinski definition) is 0. The number of benzene rings is 1. The molecule has 0 fully saturated rings. The van der Waals surface area contributed by atoms with Crippen LogP contribution >= 0.6 is 0 Å². The van der Waals surface area contributed by atoms with Crippen LogP contribution in [0.15, 0.2) is 42.7 Å². The molecule has 0 aliphatic carbocycles. The van der Waals surface area contributed by atoms with Gasteiger partial charge in [-0.1, -0.05) is 89.1 Å². The third-order valence-electron chi connectivity index (χ3n) is 5.29. The number of rotatable bonds is 14. The lowest BCUT2D eigenvalue weighted by Gasteiger charge is -2.06. The van der Waals surface area contributed by atoms with Gasteiger partial charge in [-0.15, -0.1) is 0 Å². The first-order valence-corrected chi connectivity index (χ1v) is 11.0. The van der Waals surface area contributed by atoms with Crippen molar-refractivity contribution in [1.82, 2.24) is 4.57 Å². The summed E-state index contributed by atoms with van der Waals surface area (Å²) in [5.41, 5.74) is 1.39. The smallest absolute Gasteiger partial charge is 0.234 e. The molecule has 0 saturated carbocycles. The van der Waals surface area contributed by atoms with Crippen molar-refractivity contribution in [2.45, 2.75) is 97.6 Å². The van der Waals surface area contributed by atoms with Crippen LogP contribution in [-0.2, 0) is 19.5 Å². The van der Waals surface area contributed by atoms with Gasteiger partial charge in [-0.25, -0.2) is 9.13 Å². The highest BCUT2D eigenvalue weighted by Gasteiger charge is 2.16. The van der Waals surface area contributed by atoms with Crippen molar-refractivity contribution >= 4 is 0 Å². The number of imidazole rings is 1. The molecule has 1 heterocycles. The second-order valence-corrected chi connectivity index (χ2v) is 7.60. The van der Waals surface area contributed by atoms with Gasteiger partial charge < -0.3 is 0 Å². The summed E-state index contributed by atoms with van der Waals surface area (Å²) in [6.07, 6.45) is 19.3. The van der Waals surface area contributed by atoms with Gasteiger partial charge in [0, 0.05) is 6.42 Å². The first-order valence-electron chi connectivity index (χ1n) is 11.0. The van der Waals surface area contributed by atoms with Crippen molar-refractivity contribution in [2.24, 2.45) is 0 Å². The van der Waals surface area contributed by atoms with E-state index in [4.69, 9.17) is 0 Å². The lowest BCUT2D eigenvalue weighted by atomic mass is 10.1. The van der Waals surface area contributed by atoms with Crippen LogP contribution in [0, 0.1) is 0 Å². The largest absolute Gasteiger partial charge is 0.256 e. The molecular formula is C24H39N2+. The summed E-state index contributed by atoms with van der Waals surface area (Å²) in [7, 11) is 0. The molecule has 1 aromatic heterocycles. The molecule has 0 saturated heterocycles. The van der Waals surface area contributed by atoms with Crippen LogP contribution in [-0.4, -0.2) is 4.57 Å². The topological polar surface area (TPSA) is 8.81 Å². The van der Waals surface area contributed by atoms with Gasteiger partial charge in [0.15, 0.2) is 0 Å². The van der Waals surface area contributed by atoms with E-state index in [0.29, 0.717) is 0 Å². The average molecular weight is 356 g/mol. The molecule has 0 aliphatic rings. The minimum absolute atomic E-state index is 0.994. The Balaban J connectivity index is 1.95. The normalized spacial score (nSPS) is 11.2. The standard InChI is InChI=1S/C24H39N2/c1-3-5-7-9-10-14-18-24-25(19-15-8-6-4-2)20-21-26(24)22-23-16-12-11-13-17-23/h11-13,16-17,20-21H,3-10,14-15,18-19,22H2,1-2H3/q+1. The summed E-state index contributed by atoms with van der Waals surface area (Å²) >= 11 is 0. The van der Waals surface area contributed by atoms with E-state index in [2.05, 4.69) is 65.7 Å². The van der Waals surface area contributed by atoms with Crippen LogP contribution in [0.3, 0.4) is 0 Å². The van der Waals surface area contributed by atoms with Gasteiger partial charge in [0.05, 0.1) is 6.54 Å². The number of hydrogen-bond donors (Lipinski definition) is 0. The third-order valence-corrected chi connectivity index (χ3v) is 5.29. The van der Waals surface area contributed by atoms with Crippen LogP contribution in [0.1, 0.15) is 89.4 Å². The van der Waals surface area contributed by atoms with Crippen LogP contribution in [0.25, 0.3) is 0 Å². The maximum Gasteiger partial charge on any atom is 0.256 e. The van der Waals surface area contributed by atoms with Crippen LogP contribution in [0.5, 0.6) is 0 Å². The number of aryl methyl sites for hydroxylation is 1. The maximum absolute atomic E-state index is 2.52. The average Bonchev–Trinajstić information content (AvgIpc) is 3.04. The molecule has 0 radical (unpaired) electrons. The molecule has 2 nitrogen and oxygen atoms in total. The summed E-state index contributed by atoms with van der Waals surface area (Å²) in [4.78, 5) is 0. The summed E-state index contributed by atoms with van der Waals surface area (Å²) in [5, 5.41) is 0. The minimum Gasteiger partial charge on any atom is -0.234 e. The number of nitrogens with zero attached hydrogens (tertiary/aromatic N) is 2. The molecule has 26 heavy (non-hydrogen) atoms. The van der Waals surface area contributed by atoms with E-state index in [1.165, 1.54) is 88.6 Å². The molecule has 0 unspecified atom stereocenters. The quantitative estimate of drug-likeness (QED) is 0.277. The zero-order chi connectivity index (χ0) is 18.5. The van der Waals surface area contributed by atoms with Crippen molar-refractivity contribution < 1.29 is 4.57 Å². The first kappa shape index (κ1) is 20.7. The van der Waals surface area contributed by atoms with E-state index in [1.807, 2.05) is 0 Å². The second-order valence-electron chi connectivity index (χ2n) is 7.60. The predicted molar refractivity (Wildman–Crippen MR) is 111 cm³/mol. The molecule has 2 aromatic rings. The van der Waals surface area contributed by atoms with Crippen molar-refractivity contribution in [2.75, 3.05) is 0 Å². The molecule has 2 heteroatoms. The Hall–Kier alpha value is -1.57. The molecule has 144 valence electrons. The van der Waals surface area contributed by atoms with E-state index in [1.54, 1.807) is 0 Å². The summed E-state index contributed by atoms with van der Waals surface area (Å²) in [6.45, 7) is 6.74. The number of aromatic nitrogens is 2. The van der Waals surface area contributed by atoms with Crippen molar-refractivity contribution in [3.63, 3.8) is 0 Å². The Labute approximate surface area is 161 Å². The van der Waals surface area contributed by atoms with E-state index in [0.717, 1.165) is 6.54 Å². The van der Waals surface area contributed by atoms with E-state index in [-0.39, 0.29) is 0 Å². The lowest BCUT2D eigenvalue weighted by Crippen LogP contribution is -2.37. The van der Waals surface area contributed by atoms with Crippen LogP contribution in [0.2, 0.25) is 0 Å². The Kier molecular flexibility index (Phi) is 10.2. The summed E-state index contributed by atoms with van der Waals surface area (Å²) in [5.74, 6) is 1.51. The minimum atomic E-state index is 0.994. The maximum atomic E-state index is 2.52. The fraction of sp³-hybridized carbons (Fsp3) is 0.625. The Morgan fingerprint density at radius 2 is 1.42 bits per heavy atom. The summed E-state index contributed by atoms with van der Waals surface area (Å²) in [6, 6.07) is 10.9. The van der Waals surface area contributed by atoms with E-state index >= 15 is 0 Å². The van der Waals surface area contributed by atoms with Gasteiger partial charge in [0.25, 0.3) is 5.82 Å². The van der Waals surface area contributed by atoms with Gasteiger partial charge in [-0.3, -0.25) is 0 Å². The fourth-order valence-electron chi connectivity index (χ4n) is 3.69. The van der Waals surface area contributed by atoms with Gasteiger partial charge in [0.1, 0.15) is 18.9 Å². The van der Waals surface area contributed by atoms with Gasteiger partial charge >= 0.3 is 0 Å². The highest BCUT2D eigenvalue weighted by molar-refractivity contribution is 5.13. The number of unbranched alkanes of at least 4 members (excludes halogenated alkanes) is 8. The van der Waals surface area contributed by atoms with Crippen LogP contribution < -0.4 is 4.57 Å². The van der Waals surface area contributed by atoms with Crippen molar-refractivity contribution in [1.29, 1.82) is 0 Å². The lowest BCUT2D eigenvalue weighted by molar-refractivity contribution is -0.695. The Bertz CT molecular complexity index is 586. The fourth-order valence-corrected chi connectivity index (χ4v) is 3.69. The Morgan fingerprint density at radius 3 is 2.15 bits per heavy atom. The van der Waals surface area contributed by atoms with Crippen LogP contribution in [0.4, 0.5) is 0 Å². The SMILES string of the molecule is CCCCCCCCc1n(CCCCCC)cc[n+]1Cc1ccccc1. The van der Waals surface area contributed by atoms with Crippen molar-refractivity contribution in [3.05, 3.63) is 54.1 Å². The molecular weight excluding hydrogens is 316 g/mol. The summed E-state index contributed by atoms with van der Waals surface area (Å²) < 4.78 is 4.99. The Morgan fingerprint density at radius 1 is 0.769 bits per heavy atom. The molecule has 0 spiro atoms. The van der Waals surface area contributed by atoms with Gasteiger partial charge in [-0.05, 0) is 24.8 Å². The van der Waals surface area contributed by atoms with Gasteiger partial charge in [0.2, 0.25) is 0 Å². The molecule has 2 rings (SSSR count). The third kappa shape index (κ3) is 7.35. The van der Waals surface area contributed by atoms with Crippen molar-refractivity contribution in [3.8, 4) is 0 Å². The molecule has 0 bridgehead atoms. The van der Waals surface area contributed by atoms with E-state index in [9.17, 15) is 0 Å². The predicted octanol–water partition coefficient (Wildman–Crippen LogP) is 6.31.